The Morgan fingerprint density at radius 3 is 3.09 bits per heavy atom. The van der Waals surface area contributed by atoms with E-state index in [0.717, 1.165) is 16.6 Å². The zero-order chi connectivity index (χ0) is 16.4. The predicted molar refractivity (Wildman–Crippen MR) is 84.7 cm³/mol. The zero-order valence-electron chi connectivity index (χ0n) is 12.8. The molecule has 8 heteroatoms. The summed E-state index contributed by atoms with van der Waals surface area (Å²) in [7, 11) is 1.59. The van der Waals surface area contributed by atoms with E-state index in [1.54, 1.807) is 7.11 Å². The van der Waals surface area contributed by atoms with E-state index in [0.29, 0.717) is 18.0 Å². The van der Waals surface area contributed by atoms with Gasteiger partial charge in [0, 0.05) is 16.0 Å². The van der Waals surface area contributed by atoms with Crippen molar-refractivity contribution in [2.45, 2.75) is 13.0 Å². The van der Waals surface area contributed by atoms with Crippen LogP contribution in [0.3, 0.4) is 0 Å². The molecule has 0 N–H and O–H groups in total. The third-order valence-electron chi connectivity index (χ3n) is 3.64. The molecule has 1 aromatic carbocycles. The third kappa shape index (κ3) is 2.84. The number of hydrogen-bond donors (Lipinski definition) is 0. The Hall–Kier alpha value is -2.99. The molecule has 2 heterocycles. The quantitative estimate of drug-likeness (QED) is 0.491. The first-order valence-corrected chi connectivity index (χ1v) is 7.07. The molecule has 23 heavy (non-hydrogen) atoms. The van der Waals surface area contributed by atoms with Gasteiger partial charge in [0.15, 0.2) is 0 Å². The lowest BCUT2D eigenvalue weighted by Gasteiger charge is -2.16. The number of aryl methyl sites for hydroxylation is 1. The second-order valence-electron chi connectivity index (χ2n) is 5.20. The zero-order valence-corrected chi connectivity index (χ0v) is 12.8. The van der Waals surface area contributed by atoms with Gasteiger partial charge in [-0.2, -0.15) is 0 Å². The fourth-order valence-corrected chi connectivity index (χ4v) is 2.61. The minimum Gasteiger partial charge on any atom is -0.497 e. The van der Waals surface area contributed by atoms with Gasteiger partial charge in [0.25, 0.3) is 0 Å². The number of amides is 1. The highest BCUT2D eigenvalue weighted by Crippen LogP contribution is 2.32. The number of carbonyl (C=O) groups excluding carboxylic acids is 1. The standard InChI is InChI=1S/C15H15N5O3/c1-9-5-14(12-6-10(22-2)3-4-13(12)18-9)20-8-11(7-17-19-16)23-15(20)21/h3-6,11H,7-8H2,1-2H3. The van der Waals surface area contributed by atoms with Gasteiger partial charge in [-0.15, -0.1) is 0 Å². The Balaban J connectivity index is 2.04. The van der Waals surface area contributed by atoms with Crippen LogP contribution in [-0.2, 0) is 4.74 Å². The maximum absolute atomic E-state index is 12.2. The Labute approximate surface area is 132 Å². The molecule has 1 fully saturated rings. The Morgan fingerprint density at radius 2 is 2.35 bits per heavy atom. The van der Waals surface area contributed by atoms with E-state index >= 15 is 0 Å². The van der Waals surface area contributed by atoms with Gasteiger partial charge in [-0.25, -0.2) is 4.79 Å². The molecule has 1 aromatic heterocycles. The Bertz CT molecular complexity index is 816. The summed E-state index contributed by atoms with van der Waals surface area (Å²) in [5.41, 5.74) is 10.7. The van der Waals surface area contributed by atoms with Crippen LogP contribution in [0.2, 0.25) is 0 Å². The van der Waals surface area contributed by atoms with Crippen LogP contribution in [0.1, 0.15) is 5.69 Å². The van der Waals surface area contributed by atoms with Gasteiger partial charge < -0.3 is 9.47 Å². The number of benzene rings is 1. The third-order valence-corrected chi connectivity index (χ3v) is 3.64. The van der Waals surface area contributed by atoms with E-state index < -0.39 is 12.2 Å². The first kappa shape index (κ1) is 14.9. The summed E-state index contributed by atoms with van der Waals surface area (Å²) in [5, 5.41) is 4.27. The molecule has 1 atom stereocenters. The van der Waals surface area contributed by atoms with Crippen molar-refractivity contribution in [3.63, 3.8) is 0 Å². The Morgan fingerprint density at radius 1 is 1.52 bits per heavy atom. The maximum Gasteiger partial charge on any atom is 0.414 e. The van der Waals surface area contributed by atoms with Crippen molar-refractivity contribution in [1.82, 2.24) is 4.98 Å². The van der Waals surface area contributed by atoms with Gasteiger partial charge in [-0.05, 0) is 36.7 Å². The fourth-order valence-electron chi connectivity index (χ4n) is 2.61. The predicted octanol–water partition coefficient (Wildman–Crippen LogP) is 3.19. The molecule has 0 spiro atoms. The minimum absolute atomic E-state index is 0.115. The van der Waals surface area contributed by atoms with Crippen molar-refractivity contribution >= 4 is 22.7 Å². The van der Waals surface area contributed by atoms with E-state index in [9.17, 15) is 4.79 Å². The summed E-state index contributed by atoms with van der Waals surface area (Å²) in [6, 6.07) is 7.35. The summed E-state index contributed by atoms with van der Waals surface area (Å²) in [5.74, 6) is 0.683. The summed E-state index contributed by atoms with van der Waals surface area (Å²) in [6.45, 7) is 2.31. The highest BCUT2D eigenvalue weighted by atomic mass is 16.6. The van der Waals surface area contributed by atoms with E-state index in [1.165, 1.54) is 4.90 Å². The van der Waals surface area contributed by atoms with Crippen LogP contribution in [-0.4, -0.2) is 37.4 Å². The number of cyclic esters (lactones) is 1. The number of nitrogens with zero attached hydrogens (tertiary/aromatic N) is 5. The first-order chi connectivity index (χ1) is 11.1. The second-order valence-corrected chi connectivity index (χ2v) is 5.20. The summed E-state index contributed by atoms with van der Waals surface area (Å²) >= 11 is 0. The molecule has 1 unspecified atom stereocenters. The van der Waals surface area contributed by atoms with Crippen LogP contribution in [0.25, 0.3) is 21.3 Å². The van der Waals surface area contributed by atoms with Gasteiger partial charge >= 0.3 is 6.09 Å². The number of ether oxygens (including phenoxy) is 2. The molecule has 1 aliphatic rings. The first-order valence-electron chi connectivity index (χ1n) is 7.07. The van der Waals surface area contributed by atoms with Crippen molar-refractivity contribution in [2.75, 3.05) is 25.1 Å². The van der Waals surface area contributed by atoms with Gasteiger partial charge in [0.2, 0.25) is 0 Å². The van der Waals surface area contributed by atoms with E-state index in [2.05, 4.69) is 15.0 Å². The number of rotatable bonds is 4. The molecule has 0 aliphatic carbocycles. The van der Waals surface area contributed by atoms with Crippen LogP contribution in [0.5, 0.6) is 5.75 Å². The normalized spacial score (nSPS) is 17.0. The fraction of sp³-hybridized carbons (Fsp3) is 0.333. The summed E-state index contributed by atoms with van der Waals surface area (Å²) < 4.78 is 10.5. The molecule has 1 aliphatic heterocycles. The molecular formula is C15H15N5O3. The van der Waals surface area contributed by atoms with E-state index in [-0.39, 0.29) is 6.54 Å². The molecule has 3 rings (SSSR count). The van der Waals surface area contributed by atoms with Crippen LogP contribution in [0.4, 0.5) is 10.5 Å². The molecular weight excluding hydrogens is 298 g/mol. The van der Waals surface area contributed by atoms with Crippen LogP contribution >= 0.6 is 0 Å². The number of anilines is 1. The molecule has 118 valence electrons. The average Bonchev–Trinajstić information content (AvgIpc) is 2.92. The number of carbonyl (C=O) groups is 1. The summed E-state index contributed by atoms with van der Waals surface area (Å²) in [4.78, 5) is 20.9. The minimum atomic E-state index is -0.460. The van der Waals surface area contributed by atoms with Crippen molar-refractivity contribution in [2.24, 2.45) is 5.11 Å². The SMILES string of the molecule is COc1ccc2nc(C)cc(N3CC(CN=[N+]=[N-])OC3=O)c2c1. The molecule has 2 aromatic rings. The molecule has 8 nitrogen and oxygen atoms in total. The lowest BCUT2D eigenvalue weighted by molar-refractivity contribution is 0.145. The van der Waals surface area contributed by atoms with Crippen LogP contribution in [0, 0.1) is 6.92 Å². The number of pyridine rings is 1. The Kier molecular flexibility index (Phi) is 3.91. The number of hydrogen-bond acceptors (Lipinski definition) is 5. The smallest absolute Gasteiger partial charge is 0.414 e. The molecule has 0 radical (unpaired) electrons. The lowest BCUT2D eigenvalue weighted by Crippen LogP contribution is -2.25. The van der Waals surface area contributed by atoms with Crippen molar-refractivity contribution in [3.05, 3.63) is 40.4 Å². The monoisotopic (exact) mass is 313 g/mol. The van der Waals surface area contributed by atoms with Crippen molar-refractivity contribution < 1.29 is 14.3 Å². The van der Waals surface area contributed by atoms with Crippen LogP contribution in [0.15, 0.2) is 29.4 Å². The lowest BCUT2D eigenvalue weighted by atomic mass is 10.1. The van der Waals surface area contributed by atoms with E-state index in [1.807, 2.05) is 31.2 Å². The van der Waals surface area contributed by atoms with Gasteiger partial charge in [-0.1, -0.05) is 5.11 Å². The largest absolute Gasteiger partial charge is 0.497 e. The van der Waals surface area contributed by atoms with Crippen molar-refractivity contribution in [1.29, 1.82) is 0 Å². The van der Waals surface area contributed by atoms with E-state index in [4.69, 9.17) is 15.0 Å². The number of methoxy groups -OCH3 is 1. The molecule has 0 saturated carbocycles. The topological polar surface area (TPSA) is 100 Å². The number of azide groups is 1. The van der Waals surface area contributed by atoms with Gasteiger partial charge in [-0.3, -0.25) is 9.88 Å². The second kappa shape index (κ2) is 6.02. The van der Waals surface area contributed by atoms with Crippen LogP contribution < -0.4 is 9.64 Å². The number of aromatic nitrogens is 1. The summed E-state index contributed by atoms with van der Waals surface area (Å²) in [6.07, 6.45) is -0.912. The highest BCUT2D eigenvalue weighted by molar-refractivity contribution is 6.01. The maximum atomic E-state index is 12.2. The number of fused-ring (bicyclic) bond motifs is 1. The average molecular weight is 313 g/mol. The molecule has 1 amide bonds. The van der Waals surface area contributed by atoms with Gasteiger partial charge in [0.1, 0.15) is 11.9 Å². The van der Waals surface area contributed by atoms with Crippen molar-refractivity contribution in [3.8, 4) is 5.75 Å². The molecule has 1 saturated heterocycles. The highest BCUT2D eigenvalue weighted by Gasteiger charge is 2.33. The molecule has 0 bridgehead atoms. The van der Waals surface area contributed by atoms with Gasteiger partial charge in [0.05, 0.1) is 31.4 Å².